The van der Waals surface area contributed by atoms with Gasteiger partial charge in [0.15, 0.2) is 0 Å². The highest BCUT2D eigenvalue weighted by molar-refractivity contribution is 6.17. The summed E-state index contributed by atoms with van der Waals surface area (Å²) >= 11 is 5.95. The van der Waals surface area contributed by atoms with Crippen molar-refractivity contribution in [1.82, 2.24) is 4.98 Å². The Morgan fingerprint density at radius 3 is 2.47 bits per heavy atom. The van der Waals surface area contributed by atoms with Gasteiger partial charge in [-0.15, -0.1) is 11.6 Å². The van der Waals surface area contributed by atoms with Crippen molar-refractivity contribution >= 4 is 17.4 Å². The van der Waals surface area contributed by atoms with Crippen LogP contribution in [0, 0.1) is 11.8 Å². The van der Waals surface area contributed by atoms with E-state index in [-0.39, 0.29) is 0 Å². The number of alkyl halides is 1. The Hall–Kier alpha value is -0.760. The molecule has 17 heavy (non-hydrogen) atoms. The van der Waals surface area contributed by atoms with Gasteiger partial charge in [0.2, 0.25) is 0 Å². The van der Waals surface area contributed by atoms with Gasteiger partial charge < -0.3 is 4.90 Å². The predicted octanol–water partition coefficient (Wildman–Crippen LogP) is 3.48. The highest BCUT2D eigenvalue weighted by atomic mass is 35.5. The molecule has 2 unspecified atom stereocenters. The van der Waals surface area contributed by atoms with Crippen LogP contribution < -0.4 is 4.90 Å². The van der Waals surface area contributed by atoms with Crippen molar-refractivity contribution < 1.29 is 0 Å². The maximum absolute atomic E-state index is 5.95. The minimum Gasteiger partial charge on any atom is -0.356 e. The first-order valence-electron chi connectivity index (χ1n) is 6.44. The largest absolute Gasteiger partial charge is 0.356 e. The zero-order chi connectivity index (χ0) is 12.4. The fraction of sp³-hybridized carbons (Fsp3) is 0.643. The SMILES string of the molecule is CCc1cc(CCl)cc(N2CC(C)C(C)C2)n1. The Kier molecular flexibility index (Phi) is 3.93. The van der Waals surface area contributed by atoms with Crippen molar-refractivity contribution in [3.05, 3.63) is 23.4 Å². The van der Waals surface area contributed by atoms with E-state index in [1.807, 2.05) is 0 Å². The molecule has 3 heteroatoms. The van der Waals surface area contributed by atoms with Crippen LogP contribution in [0.5, 0.6) is 0 Å². The highest BCUT2D eigenvalue weighted by Gasteiger charge is 2.27. The molecule has 2 nitrogen and oxygen atoms in total. The van der Waals surface area contributed by atoms with Gasteiger partial charge in [0, 0.05) is 24.7 Å². The minimum absolute atomic E-state index is 0.571. The molecular weight excluding hydrogens is 232 g/mol. The second kappa shape index (κ2) is 5.26. The quantitative estimate of drug-likeness (QED) is 0.766. The summed E-state index contributed by atoms with van der Waals surface area (Å²) in [5, 5.41) is 0. The second-order valence-electron chi connectivity index (χ2n) is 5.17. The second-order valence-corrected chi connectivity index (χ2v) is 5.44. The Morgan fingerprint density at radius 2 is 1.94 bits per heavy atom. The summed E-state index contributed by atoms with van der Waals surface area (Å²) in [6.45, 7) is 9.00. The summed E-state index contributed by atoms with van der Waals surface area (Å²) in [5.41, 5.74) is 2.33. The molecule has 2 atom stereocenters. The zero-order valence-corrected chi connectivity index (χ0v) is 11.7. The number of halogens is 1. The lowest BCUT2D eigenvalue weighted by atomic mass is 10.0. The van der Waals surface area contributed by atoms with E-state index in [0.717, 1.165) is 42.9 Å². The number of hydrogen-bond acceptors (Lipinski definition) is 2. The first-order chi connectivity index (χ1) is 8.13. The maximum atomic E-state index is 5.95. The van der Waals surface area contributed by atoms with Gasteiger partial charge in [-0.05, 0) is 36.0 Å². The highest BCUT2D eigenvalue weighted by Crippen LogP contribution is 2.27. The number of hydrogen-bond donors (Lipinski definition) is 0. The standard InChI is InChI=1S/C14H21ClN2/c1-4-13-5-12(7-15)6-14(16-13)17-8-10(2)11(3)9-17/h5-6,10-11H,4,7-9H2,1-3H3. The number of anilines is 1. The van der Waals surface area contributed by atoms with E-state index in [0.29, 0.717) is 5.88 Å². The maximum Gasteiger partial charge on any atom is 0.129 e. The van der Waals surface area contributed by atoms with Crippen LogP contribution in [0.15, 0.2) is 12.1 Å². The molecule has 1 fully saturated rings. The summed E-state index contributed by atoms with van der Waals surface area (Å²) < 4.78 is 0. The zero-order valence-electron chi connectivity index (χ0n) is 10.9. The van der Waals surface area contributed by atoms with Crippen LogP contribution in [-0.4, -0.2) is 18.1 Å². The van der Waals surface area contributed by atoms with E-state index in [1.54, 1.807) is 0 Å². The average Bonchev–Trinajstić information content (AvgIpc) is 2.69. The third-order valence-corrected chi connectivity index (χ3v) is 4.06. The summed E-state index contributed by atoms with van der Waals surface area (Å²) in [6.07, 6.45) is 0.969. The Balaban J connectivity index is 2.26. The van der Waals surface area contributed by atoms with Gasteiger partial charge in [-0.25, -0.2) is 4.98 Å². The molecule has 1 aliphatic rings. The van der Waals surface area contributed by atoms with Crippen molar-refractivity contribution in [2.24, 2.45) is 11.8 Å². The molecule has 0 spiro atoms. The van der Waals surface area contributed by atoms with Crippen molar-refractivity contribution in [2.75, 3.05) is 18.0 Å². The van der Waals surface area contributed by atoms with Crippen LogP contribution in [0.25, 0.3) is 0 Å². The van der Waals surface area contributed by atoms with Gasteiger partial charge in [-0.3, -0.25) is 0 Å². The molecule has 2 heterocycles. The van der Waals surface area contributed by atoms with E-state index >= 15 is 0 Å². The lowest BCUT2D eigenvalue weighted by Crippen LogP contribution is -2.21. The van der Waals surface area contributed by atoms with E-state index in [9.17, 15) is 0 Å². The molecule has 94 valence electrons. The third kappa shape index (κ3) is 2.74. The molecule has 0 bridgehead atoms. The Labute approximate surface area is 109 Å². The number of aromatic nitrogens is 1. The van der Waals surface area contributed by atoms with E-state index in [2.05, 4.69) is 37.8 Å². The van der Waals surface area contributed by atoms with Gasteiger partial charge in [0.05, 0.1) is 0 Å². The van der Waals surface area contributed by atoms with Crippen LogP contribution in [0.1, 0.15) is 32.0 Å². The molecule has 0 amide bonds. The molecule has 0 aliphatic carbocycles. The van der Waals surface area contributed by atoms with E-state index < -0.39 is 0 Å². The molecule has 0 radical (unpaired) electrons. The molecule has 2 rings (SSSR count). The van der Waals surface area contributed by atoms with Crippen molar-refractivity contribution in [3.8, 4) is 0 Å². The Bertz CT molecular complexity index is 360. The number of pyridine rings is 1. The molecule has 1 aliphatic heterocycles. The molecular formula is C14H21ClN2. The lowest BCUT2D eigenvalue weighted by molar-refractivity contribution is 0.494. The van der Waals surface area contributed by atoms with Crippen LogP contribution in [0.3, 0.4) is 0 Å². The lowest BCUT2D eigenvalue weighted by Gasteiger charge is -2.18. The van der Waals surface area contributed by atoms with Gasteiger partial charge in [-0.1, -0.05) is 20.8 Å². The first kappa shape index (κ1) is 12.7. The van der Waals surface area contributed by atoms with Crippen LogP contribution in [-0.2, 0) is 12.3 Å². The van der Waals surface area contributed by atoms with Gasteiger partial charge in [0.25, 0.3) is 0 Å². The van der Waals surface area contributed by atoms with Crippen molar-refractivity contribution in [3.63, 3.8) is 0 Å². The van der Waals surface area contributed by atoms with E-state index in [4.69, 9.17) is 16.6 Å². The molecule has 0 aromatic carbocycles. The van der Waals surface area contributed by atoms with Gasteiger partial charge >= 0.3 is 0 Å². The summed E-state index contributed by atoms with van der Waals surface area (Å²) in [7, 11) is 0. The van der Waals surface area contributed by atoms with Crippen LogP contribution >= 0.6 is 11.6 Å². The molecule has 0 N–H and O–H groups in total. The number of nitrogens with zero attached hydrogens (tertiary/aromatic N) is 2. The molecule has 1 aromatic heterocycles. The average molecular weight is 253 g/mol. The third-order valence-electron chi connectivity index (χ3n) is 3.75. The predicted molar refractivity (Wildman–Crippen MR) is 73.7 cm³/mol. The Morgan fingerprint density at radius 1 is 1.29 bits per heavy atom. The molecule has 1 aromatic rings. The van der Waals surface area contributed by atoms with Crippen molar-refractivity contribution in [1.29, 1.82) is 0 Å². The van der Waals surface area contributed by atoms with Gasteiger partial charge in [0.1, 0.15) is 5.82 Å². The number of aryl methyl sites for hydroxylation is 1. The molecule has 1 saturated heterocycles. The van der Waals surface area contributed by atoms with E-state index in [1.165, 1.54) is 5.56 Å². The summed E-state index contributed by atoms with van der Waals surface area (Å²) in [5.74, 6) is 3.18. The fourth-order valence-electron chi connectivity index (χ4n) is 2.37. The topological polar surface area (TPSA) is 16.1 Å². The smallest absolute Gasteiger partial charge is 0.129 e. The first-order valence-corrected chi connectivity index (χ1v) is 6.98. The fourth-order valence-corrected chi connectivity index (χ4v) is 2.52. The normalized spacial score (nSPS) is 24.4. The summed E-state index contributed by atoms with van der Waals surface area (Å²) in [4.78, 5) is 7.11. The minimum atomic E-state index is 0.571. The molecule has 0 saturated carbocycles. The monoisotopic (exact) mass is 252 g/mol. The van der Waals surface area contributed by atoms with Gasteiger partial charge in [-0.2, -0.15) is 0 Å². The van der Waals surface area contributed by atoms with Crippen LogP contribution in [0.4, 0.5) is 5.82 Å². The van der Waals surface area contributed by atoms with Crippen molar-refractivity contribution in [2.45, 2.75) is 33.1 Å². The summed E-state index contributed by atoms with van der Waals surface area (Å²) in [6, 6.07) is 4.25. The number of rotatable bonds is 3. The van der Waals surface area contributed by atoms with Crippen LogP contribution in [0.2, 0.25) is 0 Å².